The van der Waals surface area contributed by atoms with Gasteiger partial charge in [-0.2, -0.15) is 0 Å². The van der Waals surface area contributed by atoms with Crippen molar-refractivity contribution in [1.29, 1.82) is 0 Å². The van der Waals surface area contributed by atoms with Gasteiger partial charge in [0.05, 0.1) is 0 Å². The Hall–Kier alpha value is -0.890. The maximum absolute atomic E-state index is 10.6. The lowest BCUT2D eigenvalue weighted by atomic mass is 10.00. The third-order valence-electron chi connectivity index (χ3n) is 2.09. The lowest BCUT2D eigenvalue weighted by Crippen LogP contribution is -1.95. The van der Waals surface area contributed by atoms with Crippen molar-refractivity contribution in [1.82, 2.24) is 0 Å². The van der Waals surface area contributed by atoms with Gasteiger partial charge in [0.2, 0.25) is 0 Å². The van der Waals surface area contributed by atoms with E-state index in [9.17, 15) is 4.91 Å². The highest BCUT2D eigenvalue weighted by Gasteiger charge is 2.08. The number of aryl methyl sites for hydroxylation is 1. The van der Waals surface area contributed by atoms with Gasteiger partial charge in [0, 0.05) is 5.02 Å². The summed E-state index contributed by atoms with van der Waals surface area (Å²) in [6, 6.07) is 3.58. The molecule has 0 aliphatic carbocycles. The van der Waals surface area contributed by atoms with Gasteiger partial charge in [-0.25, -0.2) is 0 Å². The molecular formula is C11H14ClNO. The Morgan fingerprint density at radius 2 is 2.07 bits per heavy atom. The van der Waals surface area contributed by atoms with Crippen LogP contribution < -0.4 is 0 Å². The molecule has 0 aromatic heterocycles. The van der Waals surface area contributed by atoms with Crippen molar-refractivity contribution in [2.45, 2.75) is 27.2 Å². The highest BCUT2D eigenvalue weighted by molar-refractivity contribution is 6.31. The number of benzene rings is 1. The summed E-state index contributed by atoms with van der Waals surface area (Å²) in [6.45, 7) is 6.15. The average molecular weight is 212 g/mol. The molecule has 0 aliphatic heterocycles. The maximum Gasteiger partial charge on any atom is 0.112 e. The summed E-state index contributed by atoms with van der Waals surface area (Å²) in [6.07, 6.45) is 0.860. The summed E-state index contributed by atoms with van der Waals surface area (Å²) in [5, 5.41) is 3.59. The van der Waals surface area contributed by atoms with Crippen molar-refractivity contribution in [3.8, 4) is 0 Å². The normalized spacial score (nSPS) is 10.6. The van der Waals surface area contributed by atoms with Gasteiger partial charge >= 0.3 is 0 Å². The molecule has 0 N–H and O–H groups in total. The van der Waals surface area contributed by atoms with Crippen LogP contribution in [0.2, 0.25) is 5.02 Å². The maximum atomic E-state index is 10.6. The molecule has 0 saturated heterocycles. The SMILES string of the molecule is Cc1cc(CC(C)C)c(N=O)cc1Cl. The molecule has 3 heteroatoms. The highest BCUT2D eigenvalue weighted by atomic mass is 35.5. The number of rotatable bonds is 3. The molecule has 2 nitrogen and oxygen atoms in total. The van der Waals surface area contributed by atoms with E-state index in [4.69, 9.17) is 11.6 Å². The first-order valence-corrected chi connectivity index (χ1v) is 5.04. The third-order valence-corrected chi connectivity index (χ3v) is 2.49. The van der Waals surface area contributed by atoms with Gasteiger partial charge in [-0.1, -0.05) is 31.5 Å². The number of nitrogens with zero attached hydrogens (tertiary/aromatic N) is 1. The molecule has 0 amide bonds. The fourth-order valence-electron chi connectivity index (χ4n) is 1.42. The van der Waals surface area contributed by atoms with E-state index in [0.29, 0.717) is 16.6 Å². The smallest absolute Gasteiger partial charge is 0.112 e. The Kier molecular flexibility index (Phi) is 3.64. The number of hydrogen-bond acceptors (Lipinski definition) is 2. The molecule has 1 rings (SSSR count). The van der Waals surface area contributed by atoms with Crippen molar-refractivity contribution in [2.24, 2.45) is 11.1 Å². The van der Waals surface area contributed by atoms with E-state index >= 15 is 0 Å². The summed E-state index contributed by atoms with van der Waals surface area (Å²) >= 11 is 5.90. The quantitative estimate of drug-likeness (QED) is 0.688. The van der Waals surface area contributed by atoms with Crippen molar-refractivity contribution in [3.05, 3.63) is 33.2 Å². The van der Waals surface area contributed by atoms with E-state index in [-0.39, 0.29) is 0 Å². The van der Waals surface area contributed by atoms with Crippen LogP contribution in [-0.4, -0.2) is 0 Å². The Morgan fingerprint density at radius 1 is 1.43 bits per heavy atom. The lowest BCUT2D eigenvalue weighted by Gasteiger charge is -2.08. The van der Waals surface area contributed by atoms with Gasteiger partial charge in [0.15, 0.2) is 0 Å². The van der Waals surface area contributed by atoms with E-state index in [1.165, 1.54) is 0 Å². The molecule has 1 aromatic carbocycles. The molecule has 0 aliphatic rings. The molecule has 0 atom stereocenters. The zero-order valence-electron chi connectivity index (χ0n) is 8.67. The predicted molar refractivity (Wildman–Crippen MR) is 60.2 cm³/mol. The Labute approximate surface area is 89.3 Å². The number of halogens is 1. The summed E-state index contributed by atoms with van der Waals surface area (Å²) in [5.41, 5.74) is 2.45. The zero-order valence-corrected chi connectivity index (χ0v) is 9.43. The molecule has 0 spiro atoms. The fourth-order valence-corrected chi connectivity index (χ4v) is 1.58. The van der Waals surface area contributed by atoms with Crippen molar-refractivity contribution < 1.29 is 0 Å². The van der Waals surface area contributed by atoms with E-state index < -0.39 is 0 Å². The molecule has 0 fully saturated rings. The molecular weight excluding hydrogens is 198 g/mol. The molecule has 0 heterocycles. The second-order valence-corrected chi connectivity index (χ2v) is 4.33. The molecule has 0 saturated carbocycles. The van der Waals surface area contributed by atoms with Crippen molar-refractivity contribution >= 4 is 17.3 Å². The largest absolute Gasteiger partial charge is 0.145 e. The van der Waals surface area contributed by atoms with E-state index in [2.05, 4.69) is 19.0 Å². The second-order valence-electron chi connectivity index (χ2n) is 3.92. The van der Waals surface area contributed by atoms with E-state index in [1.54, 1.807) is 6.07 Å². The van der Waals surface area contributed by atoms with Crippen LogP contribution in [0.5, 0.6) is 0 Å². The first kappa shape index (κ1) is 11.2. The first-order valence-electron chi connectivity index (χ1n) is 4.67. The standard InChI is InChI=1S/C11H14ClNO/c1-7(2)4-9-5-8(3)10(12)6-11(9)13-14/h5-7H,4H2,1-3H3. The number of nitroso groups, excluding NO2 is 1. The average Bonchev–Trinajstić information content (AvgIpc) is 2.10. The topological polar surface area (TPSA) is 29.4 Å². The predicted octanol–water partition coefficient (Wildman–Crippen LogP) is 4.24. The van der Waals surface area contributed by atoms with Crippen LogP contribution in [0, 0.1) is 17.7 Å². The molecule has 14 heavy (non-hydrogen) atoms. The van der Waals surface area contributed by atoms with Gasteiger partial charge in [0.25, 0.3) is 0 Å². The van der Waals surface area contributed by atoms with Crippen LogP contribution in [0.25, 0.3) is 0 Å². The van der Waals surface area contributed by atoms with Crippen molar-refractivity contribution in [3.63, 3.8) is 0 Å². The van der Waals surface area contributed by atoms with Gasteiger partial charge < -0.3 is 0 Å². The summed E-state index contributed by atoms with van der Waals surface area (Å²) in [7, 11) is 0. The Balaban J connectivity index is 3.13. The minimum Gasteiger partial charge on any atom is -0.145 e. The van der Waals surface area contributed by atoms with Crippen LogP contribution >= 0.6 is 11.6 Å². The zero-order chi connectivity index (χ0) is 10.7. The Morgan fingerprint density at radius 3 is 2.57 bits per heavy atom. The molecule has 0 unspecified atom stereocenters. The van der Waals surface area contributed by atoms with Gasteiger partial charge in [-0.05, 0) is 41.6 Å². The van der Waals surface area contributed by atoms with Crippen LogP contribution in [0.1, 0.15) is 25.0 Å². The third kappa shape index (κ3) is 2.55. The molecule has 0 radical (unpaired) electrons. The monoisotopic (exact) mass is 211 g/mol. The van der Waals surface area contributed by atoms with E-state index in [0.717, 1.165) is 17.5 Å². The lowest BCUT2D eigenvalue weighted by molar-refractivity contribution is 0.647. The van der Waals surface area contributed by atoms with E-state index in [1.807, 2.05) is 13.0 Å². The van der Waals surface area contributed by atoms with Crippen molar-refractivity contribution in [2.75, 3.05) is 0 Å². The number of hydrogen-bond donors (Lipinski definition) is 0. The molecule has 76 valence electrons. The minimum absolute atomic E-state index is 0.467. The van der Waals surface area contributed by atoms with Crippen LogP contribution in [0.15, 0.2) is 17.3 Å². The van der Waals surface area contributed by atoms with Gasteiger partial charge in [0.1, 0.15) is 5.69 Å². The summed E-state index contributed by atoms with van der Waals surface area (Å²) in [4.78, 5) is 10.6. The van der Waals surface area contributed by atoms with Crippen LogP contribution in [0.3, 0.4) is 0 Å². The second kappa shape index (κ2) is 4.56. The van der Waals surface area contributed by atoms with Crippen LogP contribution in [-0.2, 0) is 6.42 Å². The summed E-state index contributed by atoms with van der Waals surface area (Å²) < 4.78 is 0. The minimum atomic E-state index is 0.467. The molecule has 0 bridgehead atoms. The van der Waals surface area contributed by atoms with Gasteiger partial charge in [-0.3, -0.25) is 0 Å². The Bertz CT molecular complexity index is 347. The summed E-state index contributed by atoms with van der Waals surface area (Å²) in [5.74, 6) is 0.510. The fraction of sp³-hybridized carbons (Fsp3) is 0.455. The molecule has 1 aromatic rings. The highest BCUT2D eigenvalue weighted by Crippen LogP contribution is 2.28. The van der Waals surface area contributed by atoms with Gasteiger partial charge in [-0.15, -0.1) is 4.91 Å². The first-order chi connectivity index (χ1) is 6.54. The van der Waals surface area contributed by atoms with Crippen LogP contribution in [0.4, 0.5) is 5.69 Å².